The van der Waals surface area contributed by atoms with Crippen molar-refractivity contribution in [1.82, 2.24) is 9.55 Å². The molecule has 3 aromatic carbocycles. The molecule has 8 nitrogen and oxygen atoms in total. The van der Waals surface area contributed by atoms with Crippen molar-refractivity contribution in [2.24, 2.45) is 0 Å². The van der Waals surface area contributed by atoms with Gasteiger partial charge in [0.2, 0.25) is 0 Å². The predicted octanol–water partition coefficient (Wildman–Crippen LogP) is 4.13. The van der Waals surface area contributed by atoms with Gasteiger partial charge in [-0.25, -0.2) is 4.79 Å². The molecule has 0 radical (unpaired) electrons. The second-order valence-electron chi connectivity index (χ2n) is 9.57. The minimum Gasteiger partial charge on any atom is -0.374 e. The number of benzene rings is 3. The van der Waals surface area contributed by atoms with Crippen molar-refractivity contribution >= 4 is 0 Å². The number of nitrogens with one attached hydrogen (secondary N) is 1. The summed E-state index contributed by atoms with van der Waals surface area (Å²) < 4.78 is 26.7. The van der Waals surface area contributed by atoms with E-state index in [9.17, 15) is 9.59 Å². The summed E-state index contributed by atoms with van der Waals surface area (Å²) in [4.78, 5) is 27.3. The van der Waals surface area contributed by atoms with E-state index in [2.05, 4.69) is 4.98 Å². The molecule has 0 spiro atoms. The number of nitrogens with zero attached hydrogens (tertiary/aromatic N) is 1. The summed E-state index contributed by atoms with van der Waals surface area (Å²) in [6.07, 6.45) is -1.05. The molecule has 0 bridgehead atoms. The first-order valence-corrected chi connectivity index (χ1v) is 13.0. The lowest BCUT2D eigenvalue weighted by Gasteiger charge is -2.25. The van der Waals surface area contributed by atoms with Gasteiger partial charge in [-0.2, -0.15) is 0 Å². The Bertz CT molecular complexity index is 1440. The van der Waals surface area contributed by atoms with Crippen molar-refractivity contribution < 1.29 is 18.9 Å². The Balaban J connectivity index is 1.43. The summed E-state index contributed by atoms with van der Waals surface area (Å²) in [6, 6.07) is 29.5. The van der Waals surface area contributed by atoms with Crippen molar-refractivity contribution in [2.75, 3.05) is 6.61 Å². The molecular formula is C31H32N2O6. The average Bonchev–Trinajstić information content (AvgIpc) is 3.31. The largest absolute Gasteiger partial charge is 0.374 e. The van der Waals surface area contributed by atoms with Crippen LogP contribution in [0.3, 0.4) is 0 Å². The molecule has 0 saturated carbocycles. The lowest BCUT2D eigenvalue weighted by Crippen LogP contribution is -2.41. The first-order valence-electron chi connectivity index (χ1n) is 13.0. The number of aromatic amines is 1. The van der Waals surface area contributed by atoms with E-state index in [4.69, 9.17) is 18.9 Å². The molecule has 1 aliphatic heterocycles. The van der Waals surface area contributed by atoms with Gasteiger partial charge in [0.25, 0.3) is 5.56 Å². The maximum Gasteiger partial charge on any atom is 0.330 e. The van der Waals surface area contributed by atoms with Crippen molar-refractivity contribution in [3.05, 3.63) is 140 Å². The van der Waals surface area contributed by atoms with Gasteiger partial charge in [0.05, 0.1) is 26.4 Å². The molecule has 1 aliphatic rings. The predicted molar refractivity (Wildman–Crippen MR) is 146 cm³/mol. The van der Waals surface area contributed by atoms with Gasteiger partial charge in [-0.15, -0.1) is 0 Å². The summed E-state index contributed by atoms with van der Waals surface area (Å²) in [6.45, 7) is 2.91. The zero-order valence-corrected chi connectivity index (χ0v) is 21.8. The van der Waals surface area contributed by atoms with Crippen molar-refractivity contribution in [3.63, 3.8) is 0 Å². The van der Waals surface area contributed by atoms with Crippen LogP contribution in [0.5, 0.6) is 0 Å². The molecule has 1 fully saturated rings. The van der Waals surface area contributed by atoms with E-state index < -0.39 is 35.8 Å². The van der Waals surface area contributed by atoms with Crippen LogP contribution in [-0.2, 0) is 38.8 Å². The maximum atomic E-state index is 12.9. The molecule has 0 unspecified atom stereocenters. The summed E-state index contributed by atoms with van der Waals surface area (Å²) in [5, 5.41) is 0. The number of ether oxygens (including phenoxy) is 4. The molecule has 1 aromatic heterocycles. The highest BCUT2D eigenvalue weighted by Gasteiger charge is 2.48. The fraction of sp³-hybridized carbons (Fsp3) is 0.290. The summed E-state index contributed by atoms with van der Waals surface area (Å²) in [5.41, 5.74) is 2.41. The number of H-pyrrole nitrogens is 1. The number of hydrogen-bond acceptors (Lipinski definition) is 6. The van der Waals surface area contributed by atoms with E-state index in [1.54, 1.807) is 6.92 Å². The van der Waals surface area contributed by atoms with Gasteiger partial charge in [0.15, 0.2) is 6.23 Å². The van der Waals surface area contributed by atoms with Gasteiger partial charge in [-0.05, 0) is 23.6 Å². The highest BCUT2D eigenvalue weighted by atomic mass is 16.6. The molecule has 8 heteroatoms. The highest BCUT2D eigenvalue weighted by Crippen LogP contribution is 2.34. The van der Waals surface area contributed by atoms with Gasteiger partial charge >= 0.3 is 5.69 Å². The smallest absolute Gasteiger partial charge is 0.330 e. The third kappa shape index (κ3) is 6.79. The summed E-state index contributed by atoms with van der Waals surface area (Å²) in [7, 11) is 0. The number of aryl methyl sites for hydroxylation is 1. The molecule has 4 atom stereocenters. The molecule has 39 heavy (non-hydrogen) atoms. The normalized spacial score (nSPS) is 20.7. The lowest BCUT2D eigenvalue weighted by molar-refractivity contribution is -0.0921. The molecule has 1 N–H and O–H groups in total. The fourth-order valence-electron chi connectivity index (χ4n) is 4.62. The van der Waals surface area contributed by atoms with Crippen molar-refractivity contribution in [2.45, 2.75) is 51.3 Å². The van der Waals surface area contributed by atoms with E-state index in [-0.39, 0.29) is 6.61 Å². The molecular weight excluding hydrogens is 496 g/mol. The SMILES string of the molecule is Cc1cn([C@@H]2O[C@H](COCc3ccccc3)[C@H](OCc3ccccc3)[C@@H]2OCc2ccccc2)c(=O)[nH]c1=O. The Labute approximate surface area is 226 Å². The van der Waals surface area contributed by atoms with Crippen LogP contribution in [0.2, 0.25) is 0 Å². The lowest BCUT2D eigenvalue weighted by atomic mass is 10.1. The van der Waals surface area contributed by atoms with E-state index >= 15 is 0 Å². The van der Waals surface area contributed by atoms with E-state index in [0.717, 1.165) is 16.7 Å². The van der Waals surface area contributed by atoms with Crippen LogP contribution in [0.4, 0.5) is 0 Å². The van der Waals surface area contributed by atoms with Crippen LogP contribution in [0.15, 0.2) is 107 Å². The van der Waals surface area contributed by atoms with Crippen LogP contribution < -0.4 is 11.2 Å². The van der Waals surface area contributed by atoms with Crippen LogP contribution in [0, 0.1) is 6.92 Å². The van der Waals surface area contributed by atoms with Gasteiger partial charge in [-0.1, -0.05) is 91.0 Å². The molecule has 1 saturated heterocycles. The van der Waals surface area contributed by atoms with Crippen LogP contribution in [0.1, 0.15) is 28.5 Å². The maximum absolute atomic E-state index is 12.9. The number of rotatable bonds is 11. The van der Waals surface area contributed by atoms with Gasteiger partial charge in [-0.3, -0.25) is 14.3 Å². The third-order valence-corrected chi connectivity index (χ3v) is 6.67. The zero-order chi connectivity index (χ0) is 27.0. The molecule has 202 valence electrons. The van der Waals surface area contributed by atoms with Crippen LogP contribution in [0.25, 0.3) is 0 Å². The average molecular weight is 529 g/mol. The highest BCUT2D eigenvalue weighted by molar-refractivity contribution is 5.15. The fourth-order valence-corrected chi connectivity index (χ4v) is 4.62. The van der Waals surface area contributed by atoms with Crippen LogP contribution in [-0.4, -0.2) is 34.5 Å². The second-order valence-corrected chi connectivity index (χ2v) is 9.57. The standard InChI is InChI=1S/C31H32N2O6/c1-22-17-33(31(35)32-29(22)34)30-28(38-20-25-15-9-4-10-16-25)27(37-19-24-13-7-3-8-14-24)26(39-30)21-36-18-23-11-5-2-6-12-23/h2-17,26-28,30H,18-21H2,1H3,(H,32,34,35)/t26-,27+,28+,30-/m1/s1. The van der Waals surface area contributed by atoms with Gasteiger partial charge in [0.1, 0.15) is 18.3 Å². The first-order chi connectivity index (χ1) is 19.1. The Kier molecular flexibility index (Phi) is 8.80. The first kappa shape index (κ1) is 26.8. The third-order valence-electron chi connectivity index (χ3n) is 6.67. The molecule has 4 aromatic rings. The monoisotopic (exact) mass is 528 g/mol. The van der Waals surface area contributed by atoms with Crippen LogP contribution >= 0.6 is 0 Å². The summed E-state index contributed by atoms with van der Waals surface area (Å²) >= 11 is 0. The zero-order valence-electron chi connectivity index (χ0n) is 21.8. The van der Waals surface area contributed by atoms with Gasteiger partial charge < -0.3 is 18.9 Å². The molecule has 2 heterocycles. The number of hydrogen-bond donors (Lipinski definition) is 1. The Hall–Kier alpha value is -3.82. The number of aromatic nitrogens is 2. The van der Waals surface area contributed by atoms with E-state index in [1.165, 1.54) is 10.8 Å². The molecule has 0 aliphatic carbocycles. The molecule has 5 rings (SSSR count). The molecule has 0 amide bonds. The van der Waals surface area contributed by atoms with E-state index in [0.29, 0.717) is 25.4 Å². The minimum atomic E-state index is -0.831. The van der Waals surface area contributed by atoms with Crippen molar-refractivity contribution in [3.8, 4) is 0 Å². The second kappa shape index (κ2) is 12.8. The Morgan fingerprint density at radius 2 is 1.26 bits per heavy atom. The topological polar surface area (TPSA) is 91.8 Å². The van der Waals surface area contributed by atoms with E-state index in [1.807, 2.05) is 91.0 Å². The van der Waals surface area contributed by atoms with Crippen molar-refractivity contribution in [1.29, 1.82) is 0 Å². The Morgan fingerprint density at radius 1 is 0.744 bits per heavy atom. The van der Waals surface area contributed by atoms with Gasteiger partial charge in [0, 0.05) is 11.8 Å². The Morgan fingerprint density at radius 3 is 1.82 bits per heavy atom. The quantitative estimate of drug-likeness (QED) is 0.315. The summed E-state index contributed by atoms with van der Waals surface area (Å²) in [5.74, 6) is 0. The minimum absolute atomic E-state index is 0.229.